The molecule has 0 heterocycles. The second-order valence-electron chi connectivity index (χ2n) is 7.30. The minimum atomic E-state index is 0.328. The van der Waals surface area contributed by atoms with Gasteiger partial charge in [0.2, 0.25) is 0 Å². The normalized spacial score (nSPS) is 40.0. The number of allylic oxidation sites excluding steroid dienone is 1. The second kappa shape index (κ2) is 4.41. The maximum atomic E-state index is 9.69. The molecular weight excluding hydrogens is 256 g/mol. The van der Waals surface area contributed by atoms with Gasteiger partial charge in [0.05, 0.1) is 0 Å². The zero-order valence-corrected chi connectivity index (χ0v) is 12.5. The van der Waals surface area contributed by atoms with Gasteiger partial charge in [-0.2, -0.15) is 0 Å². The Morgan fingerprint density at radius 2 is 2.14 bits per heavy atom. The second-order valence-corrected chi connectivity index (χ2v) is 7.30. The van der Waals surface area contributed by atoms with Crippen molar-refractivity contribution in [3.63, 3.8) is 0 Å². The Kier molecular flexibility index (Phi) is 2.73. The molecule has 2 fully saturated rings. The van der Waals surface area contributed by atoms with Crippen LogP contribution in [0.4, 0.5) is 0 Å². The van der Waals surface area contributed by atoms with E-state index in [1.54, 1.807) is 0 Å². The first-order chi connectivity index (χ1) is 10.1. The van der Waals surface area contributed by atoms with Crippen molar-refractivity contribution in [3.05, 3.63) is 35.4 Å². The van der Waals surface area contributed by atoms with E-state index in [0.717, 1.165) is 5.92 Å². The summed E-state index contributed by atoms with van der Waals surface area (Å²) in [5.41, 5.74) is 2.95. The van der Waals surface area contributed by atoms with Crippen LogP contribution in [0, 0.1) is 35.5 Å². The van der Waals surface area contributed by atoms with E-state index in [9.17, 15) is 5.11 Å². The van der Waals surface area contributed by atoms with Crippen molar-refractivity contribution in [2.45, 2.75) is 38.5 Å². The smallest absolute Gasteiger partial charge is 0.116 e. The molecule has 1 aromatic carbocycles. The van der Waals surface area contributed by atoms with Crippen LogP contribution in [0.15, 0.2) is 24.3 Å². The van der Waals surface area contributed by atoms with Crippen molar-refractivity contribution in [2.75, 3.05) is 0 Å². The summed E-state index contributed by atoms with van der Waals surface area (Å²) in [6.45, 7) is 2.42. The van der Waals surface area contributed by atoms with E-state index in [-0.39, 0.29) is 0 Å². The van der Waals surface area contributed by atoms with Crippen LogP contribution in [0.5, 0.6) is 5.75 Å². The largest absolute Gasteiger partial charge is 0.508 e. The van der Waals surface area contributed by atoms with Gasteiger partial charge in [-0.1, -0.05) is 25.1 Å². The molecule has 0 amide bonds. The topological polar surface area (TPSA) is 20.2 Å². The Morgan fingerprint density at radius 3 is 2.95 bits per heavy atom. The number of benzene rings is 1. The zero-order valence-electron chi connectivity index (χ0n) is 12.5. The van der Waals surface area contributed by atoms with Crippen LogP contribution in [0.25, 0.3) is 6.08 Å². The Hall–Kier alpha value is -1.68. The number of phenolic OH excluding ortho intramolecular Hbond substituents is 1. The summed E-state index contributed by atoms with van der Waals surface area (Å²) in [4.78, 5) is 0. The minimum absolute atomic E-state index is 0.328. The van der Waals surface area contributed by atoms with Crippen molar-refractivity contribution in [2.24, 2.45) is 23.2 Å². The summed E-state index contributed by atoms with van der Waals surface area (Å²) >= 11 is 0. The molecule has 1 nitrogen and oxygen atoms in total. The fourth-order valence-electron chi connectivity index (χ4n) is 5.36. The predicted molar refractivity (Wildman–Crippen MR) is 85.8 cm³/mol. The molecular formula is C20H22O. The average Bonchev–Trinajstić information content (AvgIpc) is 2.83. The molecule has 21 heavy (non-hydrogen) atoms. The van der Waals surface area contributed by atoms with E-state index in [2.05, 4.69) is 31.1 Å². The quantitative estimate of drug-likeness (QED) is 0.689. The van der Waals surface area contributed by atoms with Gasteiger partial charge in [0.1, 0.15) is 5.75 Å². The Bertz CT molecular complexity index is 650. The van der Waals surface area contributed by atoms with E-state index in [0.29, 0.717) is 28.9 Å². The molecule has 2 saturated carbocycles. The highest BCUT2D eigenvalue weighted by molar-refractivity contribution is 5.61. The lowest BCUT2D eigenvalue weighted by Gasteiger charge is -2.48. The fourth-order valence-corrected chi connectivity index (χ4v) is 5.36. The van der Waals surface area contributed by atoms with Gasteiger partial charge in [0.15, 0.2) is 0 Å². The summed E-state index contributed by atoms with van der Waals surface area (Å²) in [5, 5.41) is 9.69. The summed E-state index contributed by atoms with van der Waals surface area (Å²) in [5.74, 6) is 5.85. The minimum Gasteiger partial charge on any atom is -0.508 e. The standard InChI is InChI=1S/C20H22O/c1-3-14-5-9-19-18-7-4-13-12-15(21)6-8-16(13)17(18)10-11-20(14,19)2/h1,4,6-8,12,14,17-19,21H,5,9-11H2,2H3/t14-,17?,18?,19?,20+/m0/s1. The van der Waals surface area contributed by atoms with E-state index < -0.39 is 0 Å². The molecule has 108 valence electrons. The highest BCUT2D eigenvalue weighted by atomic mass is 16.3. The number of phenols is 1. The highest BCUT2D eigenvalue weighted by Gasteiger charge is 2.53. The molecule has 3 aliphatic rings. The van der Waals surface area contributed by atoms with Gasteiger partial charge in [-0.15, -0.1) is 12.3 Å². The van der Waals surface area contributed by atoms with E-state index in [1.807, 2.05) is 12.1 Å². The summed E-state index contributed by atoms with van der Waals surface area (Å²) in [6.07, 6.45) is 15.3. The van der Waals surface area contributed by atoms with Crippen LogP contribution in [0.3, 0.4) is 0 Å². The summed E-state index contributed by atoms with van der Waals surface area (Å²) in [6, 6.07) is 5.86. The van der Waals surface area contributed by atoms with Crippen molar-refractivity contribution in [3.8, 4) is 18.1 Å². The maximum absolute atomic E-state index is 9.69. The van der Waals surface area contributed by atoms with Gasteiger partial charge in [0, 0.05) is 5.92 Å². The SMILES string of the molecule is C#C[C@H]1CCC2C3C=Cc4cc(O)ccc4C3CC[C@@]21C. The molecule has 0 aliphatic heterocycles. The van der Waals surface area contributed by atoms with Gasteiger partial charge in [-0.05, 0) is 72.1 Å². The van der Waals surface area contributed by atoms with Gasteiger partial charge < -0.3 is 5.11 Å². The molecule has 5 atom stereocenters. The van der Waals surface area contributed by atoms with Crippen molar-refractivity contribution >= 4 is 6.08 Å². The van der Waals surface area contributed by atoms with Gasteiger partial charge in [-0.25, -0.2) is 0 Å². The summed E-state index contributed by atoms with van der Waals surface area (Å²) < 4.78 is 0. The molecule has 0 radical (unpaired) electrons. The molecule has 0 saturated heterocycles. The molecule has 0 spiro atoms. The van der Waals surface area contributed by atoms with E-state index in [4.69, 9.17) is 6.42 Å². The molecule has 4 rings (SSSR count). The van der Waals surface area contributed by atoms with Crippen LogP contribution in [-0.4, -0.2) is 5.11 Å². The van der Waals surface area contributed by atoms with Crippen LogP contribution < -0.4 is 0 Å². The Labute approximate surface area is 127 Å². The number of aromatic hydroxyl groups is 1. The van der Waals surface area contributed by atoms with Crippen molar-refractivity contribution in [1.29, 1.82) is 0 Å². The third-order valence-electron chi connectivity index (χ3n) is 6.50. The molecule has 0 bridgehead atoms. The molecule has 1 N–H and O–H groups in total. The highest BCUT2D eigenvalue weighted by Crippen LogP contribution is 2.62. The third-order valence-corrected chi connectivity index (χ3v) is 6.50. The van der Waals surface area contributed by atoms with Gasteiger partial charge in [-0.3, -0.25) is 0 Å². The van der Waals surface area contributed by atoms with E-state index >= 15 is 0 Å². The Morgan fingerprint density at radius 1 is 1.29 bits per heavy atom. The first-order valence-corrected chi connectivity index (χ1v) is 8.11. The van der Waals surface area contributed by atoms with Crippen molar-refractivity contribution in [1.82, 2.24) is 0 Å². The molecule has 0 aromatic heterocycles. The van der Waals surface area contributed by atoms with Crippen LogP contribution in [0.2, 0.25) is 0 Å². The first-order valence-electron chi connectivity index (χ1n) is 8.11. The molecule has 3 unspecified atom stereocenters. The average molecular weight is 278 g/mol. The lowest BCUT2D eigenvalue weighted by atomic mass is 9.56. The van der Waals surface area contributed by atoms with Crippen molar-refractivity contribution < 1.29 is 5.11 Å². The van der Waals surface area contributed by atoms with Crippen LogP contribution in [-0.2, 0) is 0 Å². The monoisotopic (exact) mass is 278 g/mol. The number of terminal acetylenes is 1. The molecule has 3 aliphatic carbocycles. The number of rotatable bonds is 0. The summed E-state index contributed by atoms with van der Waals surface area (Å²) in [7, 11) is 0. The number of hydrogen-bond donors (Lipinski definition) is 1. The number of fused-ring (bicyclic) bond motifs is 5. The molecule has 1 aromatic rings. The van der Waals surface area contributed by atoms with Crippen LogP contribution >= 0.6 is 0 Å². The van der Waals surface area contributed by atoms with Crippen LogP contribution in [0.1, 0.15) is 49.7 Å². The fraction of sp³-hybridized carbons (Fsp3) is 0.500. The Balaban J connectivity index is 1.74. The molecule has 1 heteroatoms. The third kappa shape index (κ3) is 1.72. The lowest BCUT2D eigenvalue weighted by Crippen LogP contribution is -2.40. The maximum Gasteiger partial charge on any atom is 0.116 e. The van der Waals surface area contributed by atoms with Gasteiger partial charge in [0.25, 0.3) is 0 Å². The first kappa shape index (κ1) is 13.0. The number of hydrogen-bond acceptors (Lipinski definition) is 1. The zero-order chi connectivity index (χ0) is 14.6. The van der Waals surface area contributed by atoms with E-state index in [1.165, 1.54) is 36.8 Å². The lowest BCUT2D eigenvalue weighted by molar-refractivity contribution is 0.0740. The predicted octanol–water partition coefficient (Wildman–Crippen LogP) is 4.58. The van der Waals surface area contributed by atoms with Gasteiger partial charge >= 0.3 is 0 Å².